The van der Waals surface area contributed by atoms with Crippen molar-refractivity contribution in [2.24, 2.45) is 0 Å². The van der Waals surface area contributed by atoms with Gasteiger partial charge in [-0.05, 0) is 49.2 Å². The number of alkyl halides is 3. The molecule has 0 spiro atoms. The number of halogens is 3. The Balaban J connectivity index is 2.07. The average Bonchev–Trinajstić information content (AvgIpc) is 2.77. The Bertz CT molecular complexity index is 954. The van der Waals surface area contributed by atoms with Gasteiger partial charge in [0.25, 0.3) is 5.91 Å². The molecule has 0 aliphatic carbocycles. The molecule has 0 aromatic heterocycles. The minimum absolute atomic E-state index is 0.0469. The lowest BCUT2D eigenvalue weighted by Crippen LogP contribution is -2.49. The van der Waals surface area contributed by atoms with E-state index < -0.39 is 35.7 Å². The number of nitrogens with zero attached hydrogens (tertiary/aromatic N) is 1. The van der Waals surface area contributed by atoms with Crippen LogP contribution in [0.4, 0.5) is 29.3 Å². The number of hydrogen-bond acceptors (Lipinski definition) is 4. The van der Waals surface area contributed by atoms with Crippen molar-refractivity contribution in [2.75, 3.05) is 10.4 Å². The van der Waals surface area contributed by atoms with Crippen molar-refractivity contribution in [3.63, 3.8) is 0 Å². The van der Waals surface area contributed by atoms with Crippen molar-refractivity contribution in [3.05, 3.63) is 60.2 Å². The molecule has 0 aliphatic rings. The Labute approximate surface area is 188 Å². The predicted octanol–water partition coefficient (Wildman–Crippen LogP) is 4.45. The van der Waals surface area contributed by atoms with Crippen LogP contribution in [0.25, 0.3) is 0 Å². The monoisotopic (exact) mass is 466 g/mol. The number of carbonyl (C=O) groups excluding carboxylic acids is 2. The third-order valence-corrected chi connectivity index (χ3v) is 4.59. The molecule has 1 atom stereocenters. The first kappa shape index (κ1) is 25.7. The number of benzene rings is 2. The number of urea groups is 1. The maximum Gasteiger partial charge on any atom is 0.416 e. The number of carboxylic acids is 1. The summed E-state index contributed by atoms with van der Waals surface area (Å²) in [4.78, 5) is 35.8. The van der Waals surface area contributed by atoms with Gasteiger partial charge in [0.05, 0.1) is 11.3 Å². The third-order valence-electron chi connectivity index (χ3n) is 4.59. The van der Waals surface area contributed by atoms with Gasteiger partial charge >= 0.3 is 18.2 Å². The topological polar surface area (TPSA) is 119 Å². The molecule has 2 aromatic carbocycles. The van der Waals surface area contributed by atoms with Gasteiger partial charge in [0.15, 0.2) is 0 Å². The lowest BCUT2D eigenvalue weighted by molar-refractivity contribution is -0.138. The van der Waals surface area contributed by atoms with Gasteiger partial charge in [-0.2, -0.15) is 18.2 Å². The largest absolute Gasteiger partial charge is 0.481 e. The van der Waals surface area contributed by atoms with E-state index in [1.165, 1.54) is 30.3 Å². The molecule has 1 radical (unpaired) electrons. The van der Waals surface area contributed by atoms with E-state index in [0.29, 0.717) is 24.3 Å². The van der Waals surface area contributed by atoms with Crippen molar-refractivity contribution in [1.82, 2.24) is 5.32 Å². The summed E-state index contributed by atoms with van der Waals surface area (Å²) in [6, 6.07) is 10.4. The summed E-state index contributed by atoms with van der Waals surface area (Å²) < 4.78 is 38.6. The molecular weight excluding hydrogens is 443 g/mol. The van der Waals surface area contributed by atoms with E-state index in [4.69, 9.17) is 5.11 Å². The molecule has 0 aliphatic heterocycles. The number of carboxylic acid groups (broad SMARTS) is 1. The summed E-state index contributed by atoms with van der Waals surface area (Å²) >= 11 is 0. The second kappa shape index (κ2) is 11.9. The third kappa shape index (κ3) is 8.45. The molecule has 8 nitrogen and oxygen atoms in total. The molecule has 177 valence electrons. The molecule has 0 unspecified atom stereocenters. The van der Waals surface area contributed by atoms with Crippen molar-refractivity contribution in [1.29, 1.82) is 0 Å². The van der Waals surface area contributed by atoms with Crippen LogP contribution < -0.4 is 15.7 Å². The van der Waals surface area contributed by atoms with Gasteiger partial charge in [0.2, 0.25) is 0 Å². The van der Waals surface area contributed by atoms with Gasteiger partial charge in [-0.1, -0.05) is 31.0 Å². The van der Waals surface area contributed by atoms with E-state index >= 15 is 0 Å². The van der Waals surface area contributed by atoms with Crippen LogP contribution in [0, 0.1) is 6.07 Å². The molecule has 33 heavy (non-hydrogen) atoms. The Morgan fingerprint density at radius 1 is 1.06 bits per heavy atom. The van der Waals surface area contributed by atoms with Crippen LogP contribution in [0.1, 0.15) is 37.7 Å². The van der Waals surface area contributed by atoms with E-state index in [2.05, 4.69) is 16.7 Å². The molecule has 0 fully saturated rings. The quantitative estimate of drug-likeness (QED) is 0.234. The summed E-state index contributed by atoms with van der Waals surface area (Å²) in [6.07, 6.45) is -3.38. The minimum atomic E-state index is -4.59. The molecule has 2 rings (SSSR count). The van der Waals surface area contributed by atoms with Gasteiger partial charge < -0.3 is 15.7 Å². The normalized spacial score (nSPS) is 12.0. The zero-order valence-electron chi connectivity index (χ0n) is 17.4. The fourth-order valence-corrected chi connectivity index (χ4v) is 2.95. The lowest BCUT2D eigenvalue weighted by Gasteiger charge is -2.23. The number of carbonyl (C=O) groups is 3. The second-order valence-electron chi connectivity index (χ2n) is 7.13. The number of hydroxylamine groups is 1. The number of anilines is 2. The summed E-state index contributed by atoms with van der Waals surface area (Å²) in [7, 11) is 0. The first-order valence-electron chi connectivity index (χ1n) is 10.0. The van der Waals surface area contributed by atoms with Gasteiger partial charge in [0, 0.05) is 12.1 Å². The SMILES string of the molecule is O=C(O)CCCCC[C@H](NC(=O)Nc1cccc(C(F)(F)F)c1)C(=O)N(O)c1cc[c]cc1. The van der Waals surface area contributed by atoms with Crippen molar-refractivity contribution >= 4 is 29.3 Å². The van der Waals surface area contributed by atoms with Gasteiger partial charge in [0.1, 0.15) is 6.04 Å². The van der Waals surface area contributed by atoms with E-state index in [9.17, 15) is 32.8 Å². The maximum atomic E-state index is 12.9. The molecule has 0 saturated carbocycles. The number of nitrogens with one attached hydrogen (secondary N) is 2. The molecular formula is C22H23F3N3O5. The van der Waals surface area contributed by atoms with Crippen LogP contribution >= 0.6 is 0 Å². The van der Waals surface area contributed by atoms with Crippen molar-refractivity contribution < 1.29 is 37.9 Å². The fraction of sp³-hybridized carbons (Fsp3) is 0.318. The number of aliphatic carboxylic acids is 1. The van der Waals surface area contributed by atoms with Crippen LogP contribution in [-0.4, -0.2) is 34.3 Å². The average molecular weight is 466 g/mol. The zero-order valence-corrected chi connectivity index (χ0v) is 17.4. The molecule has 4 N–H and O–H groups in total. The summed E-state index contributed by atoms with van der Waals surface area (Å²) in [5.41, 5.74) is -0.946. The number of unbranched alkanes of at least 4 members (excludes halogenated alkanes) is 2. The van der Waals surface area contributed by atoms with Crippen LogP contribution in [0.3, 0.4) is 0 Å². The second-order valence-corrected chi connectivity index (χ2v) is 7.13. The minimum Gasteiger partial charge on any atom is -0.481 e. The van der Waals surface area contributed by atoms with E-state index in [0.717, 1.165) is 18.2 Å². The molecule has 0 heterocycles. The molecule has 0 saturated heterocycles. The first-order valence-corrected chi connectivity index (χ1v) is 10.0. The molecule has 0 bridgehead atoms. The highest BCUT2D eigenvalue weighted by molar-refractivity contribution is 5.99. The predicted molar refractivity (Wildman–Crippen MR) is 113 cm³/mol. The maximum absolute atomic E-state index is 12.9. The summed E-state index contributed by atoms with van der Waals surface area (Å²) in [5, 5.41) is 23.9. The molecule has 2 aromatic rings. The Morgan fingerprint density at radius 2 is 1.76 bits per heavy atom. The smallest absolute Gasteiger partial charge is 0.416 e. The van der Waals surface area contributed by atoms with Crippen molar-refractivity contribution in [2.45, 2.75) is 44.3 Å². The van der Waals surface area contributed by atoms with Gasteiger partial charge in [-0.25, -0.2) is 4.79 Å². The van der Waals surface area contributed by atoms with E-state index in [1.54, 1.807) is 0 Å². The molecule has 3 amide bonds. The van der Waals surface area contributed by atoms with Gasteiger partial charge in [-0.15, -0.1) is 0 Å². The van der Waals surface area contributed by atoms with Crippen LogP contribution in [0.2, 0.25) is 0 Å². The van der Waals surface area contributed by atoms with Crippen LogP contribution in [0.15, 0.2) is 48.5 Å². The fourth-order valence-electron chi connectivity index (χ4n) is 2.95. The number of hydrogen-bond donors (Lipinski definition) is 4. The Kier molecular flexibility index (Phi) is 9.22. The van der Waals surface area contributed by atoms with Crippen LogP contribution in [-0.2, 0) is 15.8 Å². The Hall–Kier alpha value is -3.60. The number of rotatable bonds is 10. The Morgan fingerprint density at radius 3 is 2.39 bits per heavy atom. The highest BCUT2D eigenvalue weighted by Crippen LogP contribution is 2.30. The number of amides is 3. The molecule has 11 heteroatoms. The van der Waals surface area contributed by atoms with E-state index in [1.807, 2.05) is 0 Å². The first-order chi connectivity index (χ1) is 15.6. The summed E-state index contributed by atoms with van der Waals surface area (Å²) in [5.74, 6) is -1.82. The zero-order chi connectivity index (χ0) is 24.4. The highest BCUT2D eigenvalue weighted by Gasteiger charge is 2.31. The standard InChI is InChI=1S/C22H23F3N3O5/c23-22(24,25)15-8-7-9-16(14-15)26-21(32)27-18(12-5-2-6-13-19(29)30)20(31)28(33)17-10-3-1-4-11-17/h3-4,7-11,14,18,33H,2,5-6,12-13H2,(H,29,30)(H2,26,27,32)/t18-/m0/s1. The van der Waals surface area contributed by atoms with Crippen molar-refractivity contribution in [3.8, 4) is 0 Å². The van der Waals surface area contributed by atoms with E-state index in [-0.39, 0.29) is 24.2 Å². The highest BCUT2D eigenvalue weighted by atomic mass is 19.4. The van der Waals surface area contributed by atoms with Gasteiger partial charge in [-0.3, -0.25) is 14.8 Å². The summed E-state index contributed by atoms with van der Waals surface area (Å²) in [6.45, 7) is 0. The lowest BCUT2D eigenvalue weighted by atomic mass is 10.1. The van der Waals surface area contributed by atoms with Crippen LogP contribution in [0.5, 0.6) is 0 Å².